The summed E-state index contributed by atoms with van der Waals surface area (Å²) < 4.78 is 5.89. The van der Waals surface area contributed by atoms with Crippen LogP contribution in [-0.4, -0.2) is 28.0 Å². The monoisotopic (exact) mass is 389 g/mol. The van der Waals surface area contributed by atoms with Gasteiger partial charge in [-0.2, -0.15) is 0 Å². The van der Waals surface area contributed by atoms with Crippen LogP contribution in [0.4, 0.5) is 5.69 Å². The number of non-ortho nitro benzene ring substituents is 1. The van der Waals surface area contributed by atoms with Crippen LogP contribution in [0.3, 0.4) is 0 Å². The van der Waals surface area contributed by atoms with E-state index in [1.807, 2.05) is 19.1 Å². The number of amides is 1. The molecule has 1 N–H and O–H groups in total. The fourth-order valence-electron chi connectivity index (χ4n) is 3.08. The van der Waals surface area contributed by atoms with Gasteiger partial charge in [0.2, 0.25) is 5.88 Å². The van der Waals surface area contributed by atoms with E-state index in [-0.39, 0.29) is 28.4 Å². The number of hydrogen-bond donors (Lipinski definition) is 1. The Morgan fingerprint density at radius 3 is 2.63 bits per heavy atom. The van der Waals surface area contributed by atoms with E-state index < -0.39 is 10.8 Å². The summed E-state index contributed by atoms with van der Waals surface area (Å²) in [5.41, 5.74) is 1.04. The summed E-state index contributed by atoms with van der Waals surface area (Å²) in [6, 6.07) is 7.65. The Morgan fingerprint density at radius 1 is 1.26 bits per heavy atom. The minimum absolute atomic E-state index is 0.0151. The Bertz CT molecular complexity index is 833. The summed E-state index contributed by atoms with van der Waals surface area (Å²) in [5, 5.41) is 14.0. The van der Waals surface area contributed by atoms with Crippen LogP contribution in [-0.2, 0) is 0 Å². The van der Waals surface area contributed by atoms with Gasteiger partial charge >= 0.3 is 0 Å². The third-order valence-corrected chi connectivity index (χ3v) is 4.92. The van der Waals surface area contributed by atoms with Gasteiger partial charge in [-0.25, -0.2) is 4.98 Å². The number of nitro benzene ring substituents is 1. The molecule has 1 aliphatic carbocycles. The van der Waals surface area contributed by atoms with Gasteiger partial charge < -0.3 is 10.1 Å². The molecule has 1 aromatic carbocycles. The molecule has 1 amide bonds. The number of nitro groups is 1. The number of nitrogens with one attached hydrogen (secondary N) is 1. The number of carbonyl (C=O) groups excluding carboxylic acids is 1. The molecule has 7 nitrogen and oxygen atoms in total. The standard InChI is InChI=1S/C19H20ClN3O4/c1-12-2-9-18(21-11-12)27-15-6-3-13(4-7-15)22-19(24)16-10-14(23(25)26)5-8-17(16)20/h2,5,8-11,13,15H,3-4,6-7H2,1H3,(H,22,24). The number of hydrogen-bond acceptors (Lipinski definition) is 5. The molecule has 0 spiro atoms. The third kappa shape index (κ3) is 4.95. The minimum Gasteiger partial charge on any atom is -0.474 e. The molecule has 0 radical (unpaired) electrons. The topological polar surface area (TPSA) is 94.4 Å². The fraction of sp³-hybridized carbons (Fsp3) is 0.368. The van der Waals surface area contributed by atoms with Crippen LogP contribution >= 0.6 is 11.6 Å². The van der Waals surface area contributed by atoms with Gasteiger partial charge in [-0.15, -0.1) is 0 Å². The van der Waals surface area contributed by atoms with Gasteiger partial charge in [-0.05, 0) is 44.2 Å². The van der Waals surface area contributed by atoms with Crippen molar-refractivity contribution in [2.75, 3.05) is 0 Å². The molecule has 1 saturated carbocycles. The van der Waals surface area contributed by atoms with Gasteiger partial charge in [0.1, 0.15) is 6.10 Å². The van der Waals surface area contributed by atoms with Gasteiger partial charge in [0.25, 0.3) is 11.6 Å². The molecule has 1 fully saturated rings. The average Bonchev–Trinajstić information content (AvgIpc) is 2.65. The van der Waals surface area contributed by atoms with Gasteiger partial charge in [0, 0.05) is 30.4 Å². The van der Waals surface area contributed by atoms with Crippen LogP contribution in [0.2, 0.25) is 5.02 Å². The quantitative estimate of drug-likeness (QED) is 0.614. The highest BCUT2D eigenvalue weighted by molar-refractivity contribution is 6.33. The normalized spacial score (nSPS) is 19.3. The molecular weight excluding hydrogens is 370 g/mol. The van der Waals surface area contributed by atoms with E-state index in [0.29, 0.717) is 5.88 Å². The van der Waals surface area contributed by atoms with E-state index in [9.17, 15) is 14.9 Å². The first kappa shape index (κ1) is 19.1. The summed E-state index contributed by atoms with van der Waals surface area (Å²) in [4.78, 5) is 27.1. The first-order valence-corrected chi connectivity index (χ1v) is 9.14. The van der Waals surface area contributed by atoms with Crippen molar-refractivity contribution in [3.05, 3.63) is 62.8 Å². The first-order valence-electron chi connectivity index (χ1n) is 8.76. The molecule has 27 heavy (non-hydrogen) atoms. The number of carbonyl (C=O) groups is 1. The van der Waals surface area contributed by atoms with Crippen molar-refractivity contribution < 1.29 is 14.5 Å². The predicted molar refractivity (Wildman–Crippen MR) is 101 cm³/mol. The van der Waals surface area contributed by atoms with Crippen LogP contribution in [0.15, 0.2) is 36.5 Å². The Labute approximate surface area is 161 Å². The van der Waals surface area contributed by atoms with Gasteiger partial charge in [-0.3, -0.25) is 14.9 Å². The SMILES string of the molecule is Cc1ccc(OC2CCC(NC(=O)c3cc([N+](=O)[O-])ccc3Cl)CC2)nc1. The highest BCUT2D eigenvalue weighted by atomic mass is 35.5. The van der Waals surface area contributed by atoms with Crippen LogP contribution in [0.5, 0.6) is 5.88 Å². The molecule has 3 rings (SSSR count). The van der Waals surface area contributed by atoms with Crippen LogP contribution in [0.1, 0.15) is 41.6 Å². The zero-order chi connectivity index (χ0) is 19.4. The Kier molecular flexibility index (Phi) is 5.91. The summed E-state index contributed by atoms with van der Waals surface area (Å²) in [6.45, 7) is 1.97. The largest absolute Gasteiger partial charge is 0.474 e. The van der Waals surface area contributed by atoms with Crippen LogP contribution in [0, 0.1) is 17.0 Å². The first-order chi connectivity index (χ1) is 12.9. The Hall–Kier alpha value is -2.67. The maximum Gasteiger partial charge on any atom is 0.270 e. The molecule has 8 heteroatoms. The number of pyridine rings is 1. The number of nitrogens with zero attached hydrogens (tertiary/aromatic N) is 2. The lowest BCUT2D eigenvalue weighted by atomic mass is 9.92. The van der Waals surface area contributed by atoms with Crippen molar-refractivity contribution >= 4 is 23.2 Å². The van der Waals surface area contributed by atoms with Crippen molar-refractivity contribution in [3.8, 4) is 5.88 Å². The van der Waals surface area contributed by atoms with E-state index in [2.05, 4.69) is 10.3 Å². The minimum atomic E-state index is -0.547. The summed E-state index contributed by atoms with van der Waals surface area (Å²) in [7, 11) is 0. The van der Waals surface area contributed by atoms with E-state index >= 15 is 0 Å². The van der Waals surface area contributed by atoms with Crippen LogP contribution in [0.25, 0.3) is 0 Å². The Balaban J connectivity index is 1.54. The van der Waals surface area contributed by atoms with Crippen LogP contribution < -0.4 is 10.1 Å². The van der Waals surface area contributed by atoms with E-state index in [4.69, 9.17) is 16.3 Å². The summed E-state index contributed by atoms with van der Waals surface area (Å²) in [5.74, 6) is 0.213. The van der Waals surface area contributed by atoms with Gasteiger partial charge in [0.05, 0.1) is 15.5 Å². The lowest BCUT2D eigenvalue weighted by Gasteiger charge is -2.29. The highest BCUT2D eigenvalue weighted by Crippen LogP contribution is 2.25. The summed E-state index contributed by atoms with van der Waals surface area (Å²) >= 11 is 6.03. The second-order valence-corrected chi connectivity index (χ2v) is 7.07. The number of halogens is 1. The maximum atomic E-state index is 12.5. The lowest BCUT2D eigenvalue weighted by Crippen LogP contribution is -2.39. The molecule has 1 heterocycles. The van der Waals surface area contributed by atoms with Crippen molar-refractivity contribution in [2.45, 2.75) is 44.8 Å². The molecular formula is C19H20ClN3O4. The number of aryl methyl sites for hydroxylation is 1. The molecule has 0 bridgehead atoms. The number of ether oxygens (including phenoxy) is 1. The summed E-state index contributed by atoms with van der Waals surface area (Å²) in [6.07, 6.45) is 4.94. The second kappa shape index (κ2) is 8.35. The van der Waals surface area contributed by atoms with E-state index in [0.717, 1.165) is 31.2 Å². The molecule has 1 aromatic heterocycles. The lowest BCUT2D eigenvalue weighted by molar-refractivity contribution is -0.384. The fourth-order valence-corrected chi connectivity index (χ4v) is 3.29. The molecule has 0 saturated heterocycles. The second-order valence-electron chi connectivity index (χ2n) is 6.66. The molecule has 1 aliphatic rings. The smallest absolute Gasteiger partial charge is 0.270 e. The zero-order valence-electron chi connectivity index (χ0n) is 14.9. The molecule has 0 aliphatic heterocycles. The number of rotatable bonds is 5. The third-order valence-electron chi connectivity index (χ3n) is 4.59. The maximum absolute atomic E-state index is 12.5. The van der Waals surface area contributed by atoms with E-state index in [1.54, 1.807) is 6.20 Å². The van der Waals surface area contributed by atoms with Crippen molar-refractivity contribution in [1.82, 2.24) is 10.3 Å². The van der Waals surface area contributed by atoms with Crippen molar-refractivity contribution in [1.29, 1.82) is 0 Å². The van der Waals surface area contributed by atoms with E-state index in [1.165, 1.54) is 18.2 Å². The highest BCUT2D eigenvalue weighted by Gasteiger charge is 2.25. The van der Waals surface area contributed by atoms with Crippen molar-refractivity contribution in [2.24, 2.45) is 0 Å². The zero-order valence-corrected chi connectivity index (χ0v) is 15.6. The predicted octanol–water partition coefficient (Wildman–Crippen LogP) is 4.07. The number of aromatic nitrogens is 1. The molecule has 142 valence electrons. The molecule has 0 atom stereocenters. The van der Waals surface area contributed by atoms with Gasteiger partial charge in [0.15, 0.2) is 0 Å². The average molecular weight is 390 g/mol. The molecule has 2 aromatic rings. The molecule has 0 unspecified atom stereocenters. The van der Waals surface area contributed by atoms with Gasteiger partial charge in [-0.1, -0.05) is 17.7 Å². The number of benzene rings is 1. The van der Waals surface area contributed by atoms with Crippen molar-refractivity contribution in [3.63, 3.8) is 0 Å². The Morgan fingerprint density at radius 2 is 2.00 bits per heavy atom.